The van der Waals surface area contributed by atoms with Crippen molar-refractivity contribution >= 4 is 28.5 Å². The molecule has 0 aliphatic rings. The van der Waals surface area contributed by atoms with E-state index in [0.717, 1.165) is 55.0 Å². The maximum absolute atomic E-state index is 12.9. The smallest absolute Gasteiger partial charge is 0.248 e. The summed E-state index contributed by atoms with van der Waals surface area (Å²) >= 11 is 0. The molecule has 8 nitrogen and oxygen atoms in total. The van der Waals surface area contributed by atoms with Gasteiger partial charge >= 0.3 is 0 Å². The van der Waals surface area contributed by atoms with E-state index in [1.165, 1.54) is 6.08 Å². The molecule has 1 amide bonds. The minimum Gasteiger partial charge on any atom is -0.491 e. The zero-order valence-electron chi connectivity index (χ0n) is 25.2. The fraction of sp³-hybridized carbons (Fsp3) is 0.286. The second-order valence-electron chi connectivity index (χ2n) is 10.2. The number of hydrogen-bond acceptors (Lipinski definition) is 6. The van der Waals surface area contributed by atoms with Crippen molar-refractivity contribution in [1.29, 1.82) is 5.26 Å². The van der Waals surface area contributed by atoms with Crippen LogP contribution in [0.15, 0.2) is 90.2 Å². The third kappa shape index (κ3) is 9.49. The molecule has 1 unspecified atom stereocenters. The molecule has 0 fully saturated rings. The standard InChI is InChI=1S/C35H38N4O4S/c1-3-5-19-42-20-21-43-33-13-8-27(9-14-33)28-6-7-30(23-36)29(22-28)10-17-35(40)38-31-11-15-34(16-12-31)44(41)25-32-24-37-26-39(32)18-4-2/h6-17,22,24,26H,3-5,18-21,25H2,1-2H3,(H,38,40)/b17-10+. The fourth-order valence-corrected chi connectivity index (χ4v) is 5.58. The van der Waals surface area contributed by atoms with Crippen molar-refractivity contribution in [2.75, 3.05) is 25.1 Å². The summed E-state index contributed by atoms with van der Waals surface area (Å²) in [5, 5.41) is 12.4. The Bertz CT molecular complexity index is 1610. The van der Waals surface area contributed by atoms with E-state index in [2.05, 4.69) is 30.2 Å². The Morgan fingerprint density at radius 2 is 1.77 bits per heavy atom. The quantitative estimate of drug-likeness (QED) is 0.108. The zero-order valence-corrected chi connectivity index (χ0v) is 26.0. The Kier molecular flexibility index (Phi) is 12.5. The molecule has 228 valence electrons. The van der Waals surface area contributed by atoms with Crippen molar-refractivity contribution in [2.24, 2.45) is 0 Å². The van der Waals surface area contributed by atoms with Crippen molar-refractivity contribution in [3.8, 4) is 22.9 Å². The molecule has 44 heavy (non-hydrogen) atoms. The van der Waals surface area contributed by atoms with Gasteiger partial charge in [0.1, 0.15) is 12.4 Å². The van der Waals surface area contributed by atoms with Crippen molar-refractivity contribution in [2.45, 2.75) is 50.3 Å². The number of amides is 1. The van der Waals surface area contributed by atoms with E-state index < -0.39 is 10.8 Å². The summed E-state index contributed by atoms with van der Waals surface area (Å²) in [4.78, 5) is 17.5. The Balaban J connectivity index is 1.34. The number of nitrogens with one attached hydrogen (secondary N) is 1. The number of rotatable bonds is 16. The molecule has 0 bridgehead atoms. The summed E-state index contributed by atoms with van der Waals surface area (Å²) in [6.07, 6.45) is 9.68. The van der Waals surface area contributed by atoms with Gasteiger partial charge in [0.25, 0.3) is 0 Å². The van der Waals surface area contributed by atoms with Crippen LogP contribution in [-0.2, 0) is 32.6 Å². The van der Waals surface area contributed by atoms with E-state index in [4.69, 9.17) is 9.47 Å². The monoisotopic (exact) mass is 610 g/mol. The van der Waals surface area contributed by atoms with Gasteiger partial charge < -0.3 is 19.4 Å². The predicted octanol–water partition coefficient (Wildman–Crippen LogP) is 6.99. The fourth-order valence-electron chi connectivity index (χ4n) is 4.46. The molecule has 0 saturated heterocycles. The predicted molar refractivity (Wildman–Crippen MR) is 175 cm³/mol. The van der Waals surface area contributed by atoms with Gasteiger partial charge in [-0.3, -0.25) is 9.00 Å². The van der Waals surface area contributed by atoms with Gasteiger partial charge in [-0.2, -0.15) is 5.26 Å². The average molecular weight is 611 g/mol. The number of ether oxygens (including phenoxy) is 2. The van der Waals surface area contributed by atoms with Gasteiger partial charge in [-0.05, 0) is 84.1 Å². The first-order valence-electron chi connectivity index (χ1n) is 14.8. The molecule has 3 aromatic carbocycles. The number of unbranched alkanes of at least 4 members (excludes halogenated alkanes) is 1. The van der Waals surface area contributed by atoms with Gasteiger partial charge in [0.15, 0.2) is 0 Å². The van der Waals surface area contributed by atoms with Crippen LogP contribution in [0.4, 0.5) is 5.69 Å². The summed E-state index contributed by atoms with van der Waals surface area (Å²) in [5.41, 5.74) is 4.50. The molecule has 1 N–H and O–H groups in total. The van der Waals surface area contributed by atoms with Gasteiger partial charge in [-0.1, -0.05) is 38.5 Å². The summed E-state index contributed by atoms with van der Waals surface area (Å²) in [6, 6.07) is 22.4. The lowest BCUT2D eigenvalue weighted by Crippen LogP contribution is -2.08. The molecule has 4 aromatic rings. The molecular formula is C35H38N4O4S. The Hall–Kier alpha value is -4.52. The molecule has 0 aliphatic heterocycles. The molecule has 1 aromatic heterocycles. The molecule has 4 rings (SSSR count). The lowest BCUT2D eigenvalue weighted by atomic mass is 9.99. The first-order chi connectivity index (χ1) is 21.5. The Morgan fingerprint density at radius 1 is 1.00 bits per heavy atom. The Labute approximate surface area is 261 Å². The first kappa shape index (κ1) is 32.4. The SMILES string of the molecule is CCCCOCCOc1ccc(-c2ccc(C#N)c(/C=C/C(=O)Nc3ccc(S(=O)Cc4cncn4CCC)cc3)c2)cc1. The lowest BCUT2D eigenvalue weighted by Gasteiger charge is -2.09. The van der Waals surface area contributed by atoms with E-state index >= 15 is 0 Å². The molecule has 0 spiro atoms. The van der Waals surface area contributed by atoms with Crippen LogP contribution < -0.4 is 10.1 Å². The molecule has 0 radical (unpaired) electrons. The van der Waals surface area contributed by atoms with Gasteiger partial charge in [0, 0.05) is 36.0 Å². The van der Waals surface area contributed by atoms with Gasteiger partial charge in [-0.25, -0.2) is 4.98 Å². The van der Waals surface area contributed by atoms with Crippen molar-refractivity contribution in [3.63, 3.8) is 0 Å². The number of aryl methyl sites for hydroxylation is 1. The number of anilines is 1. The number of carbonyl (C=O) groups excluding carboxylic acids is 1. The average Bonchev–Trinajstić information content (AvgIpc) is 3.48. The van der Waals surface area contributed by atoms with E-state index in [1.807, 2.05) is 41.0 Å². The summed E-state index contributed by atoms with van der Waals surface area (Å²) in [6.45, 7) is 6.86. The number of nitriles is 1. The van der Waals surface area contributed by atoms with Gasteiger partial charge in [0.05, 0.1) is 46.8 Å². The number of imidazole rings is 1. The number of nitrogens with zero attached hydrogens (tertiary/aromatic N) is 3. The van der Waals surface area contributed by atoms with Crippen LogP contribution in [0.2, 0.25) is 0 Å². The maximum Gasteiger partial charge on any atom is 0.248 e. The normalized spacial score (nSPS) is 11.8. The molecule has 9 heteroatoms. The second kappa shape index (κ2) is 16.9. The number of hydrogen-bond donors (Lipinski definition) is 1. The highest BCUT2D eigenvalue weighted by Gasteiger charge is 2.10. The van der Waals surface area contributed by atoms with E-state index in [0.29, 0.717) is 40.7 Å². The van der Waals surface area contributed by atoms with Crippen LogP contribution >= 0.6 is 0 Å². The molecule has 0 saturated carbocycles. The van der Waals surface area contributed by atoms with Gasteiger partial charge in [0.2, 0.25) is 5.91 Å². The zero-order chi connectivity index (χ0) is 31.1. The third-order valence-electron chi connectivity index (χ3n) is 6.84. The van der Waals surface area contributed by atoms with Crippen molar-refractivity contribution < 1.29 is 18.5 Å². The topological polar surface area (TPSA) is 106 Å². The van der Waals surface area contributed by atoms with Gasteiger partial charge in [-0.15, -0.1) is 0 Å². The minimum absolute atomic E-state index is 0.336. The van der Waals surface area contributed by atoms with Crippen LogP contribution in [-0.4, -0.2) is 39.5 Å². The number of aromatic nitrogens is 2. The van der Waals surface area contributed by atoms with E-state index in [1.54, 1.807) is 48.9 Å². The molecule has 1 heterocycles. The molecule has 0 aliphatic carbocycles. The first-order valence-corrected chi connectivity index (χ1v) is 16.1. The number of carbonyl (C=O) groups is 1. The third-order valence-corrected chi connectivity index (χ3v) is 8.20. The highest BCUT2D eigenvalue weighted by Crippen LogP contribution is 2.26. The second-order valence-corrected chi connectivity index (χ2v) is 11.6. The largest absolute Gasteiger partial charge is 0.491 e. The lowest BCUT2D eigenvalue weighted by molar-refractivity contribution is -0.111. The van der Waals surface area contributed by atoms with Crippen LogP contribution in [0.1, 0.15) is 49.9 Å². The van der Waals surface area contributed by atoms with Crippen molar-refractivity contribution in [1.82, 2.24) is 9.55 Å². The summed E-state index contributed by atoms with van der Waals surface area (Å²) < 4.78 is 26.2. The maximum atomic E-state index is 12.9. The van der Waals surface area contributed by atoms with Crippen LogP contribution in [0, 0.1) is 11.3 Å². The minimum atomic E-state index is -1.23. The highest BCUT2D eigenvalue weighted by atomic mass is 32.2. The molecule has 1 atom stereocenters. The Morgan fingerprint density at radius 3 is 2.50 bits per heavy atom. The summed E-state index contributed by atoms with van der Waals surface area (Å²) in [7, 11) is -1.23. The van der Waals surface area contributed by atoms with Crippen LogP contribution in [0.25, 0.3) is 17.2 Å². The summed E-state index contributed by atoms with van der Waals surface area (Å²) in [5.74, 6) is 0.801. The van der Waals surface area contributed by atoms with Crippen LogP contribution in [0.5, 0.6) is 5.75 Å². The molecular weight excluding hydrogens is 572 g/mol. The van der Waals surface area contributed by atoms with Crippen LogP contribution in [0.3, 0.4) is 0 Å². The van der Waals surface area contributed by atoms with E-state index in [-0.39, 0.29) is 5.91 Å². The number of benzene rings is 3. The van der Waals surface area contributed by atoms with Crippen molar-refractivity contribution in [3.05, 3.63) is 102 Å². The van der Waals surface area contributed by atoms with E-state index in [9.17, 15) is 14.3 Å². The highest BCUT2D eigenvalue weighted by molar-refractivity contribution is 7.84.